The summed E-state index contributed by atoms with van der Waals surface area (Å²) in [6.45, 7) is 0.0614. The summed E-state index contributed by atoms with van der Waals surface area (Å²) in [7, 11) is -4.07. The van der Waals surface area contributed by atoms with Gasteiger partial charge in [0.15, 0.2) is 0 Å². The summed E-state index contributed by atoms with van der Waals surface area (Å²) < 4.78 is 122. The Hall–Kier alpha value is -3.84. The van der Waals surface area contributed by atoms with E-state index < -0.39 is 75.5 Å². The van der Waals surface area contributed by atoms with Gasteiger partial charge in [-0.25, -0.2) is 13.2 Å². The molecule has 3 aromatic carbocycles. The smallest absolute Gasteiger partial charge is 0.416 e. The van der Waals surface area contributed by atoms with Crippen molar-refractivity contribution in [2.24, 2.45) is 0 Å². The lowest BCUT2D eigenvalue weighted by Gasteiger charge is -2.51. The van der Waals surface area contributed by atoms with Crippen molar-refractivity contribution >= 4 is 27.7 Å². The lowest BCUT2D eigenvalue weighted by Crippen LogP contribution is -2.66. The first-order chi connectivity index (χ1) is 23.4. The summed E-state index contributed by atoms with van der Waals surface area (Å²) in [5.41, 5.74) is -5.72. The van der Waals surface area contributed by atoms with Crippen LogP contribution in [0.3, 0.4) is 0 Å². The number of piperidine rings is 1. The first-order valence-electron chi connectivity index (χ1n) is 15.4. The molecule has 0 radical (unpaired) electrons. The number of halogens is 7. The van der Waals surface area contributed by atoms with Gasteiger partial charge >= 0.3 is 18.4 Å². The summed E-state index contributed by atoms with van der Waals surface area (Å²) >= 11 is 5.69. The number of carbonyl (C=O) groups is 1. The van der Waals surface area contributed by atoms with E-state index in [1.165, 1.54) is 6.92 Å². The molecular formula is C34H34ClF6N3O5S. The highest BCUT2D eigenvalue weighted by Crippen LogP contribution is 2.44. The van der Waals surface area contributed by atoms with Crippen molar-refractivity contribution in [1.82, 2.24) is 9.62 Å². The van der Waals surface area contributed by atoms with Crippen molar-refractivity contribution in [3.8, 4) is 6.07 Å². The highest BCUT2D eigenvalue weighted by molar-refractivity contribution is 7.89. The van der Waals surface area contributed by atoms with Crippen LogP contribution in [0.1, 0.15) is 60.1 Å². The van der Waals surface area contributed by atoms with Gasteiger partial charge in [-0.05, 0) is 61.1 Å². The molecule has 1 aliphatic heterocycles. The number of hydrogen-bond donors (Lipinski definition) is 1. The lowest BCUT2D eigenvalue weighted by atomic mass is 9.75. The van der Waals surface area contributed by atoms with Crippen LogP contribution in [0.15, 0.2) is 78.9 Å². The maximum Gasteiger partial charge on any atom is 0.416 e. The molecule has 4 rings (SSSR count). The minimum Gasteiger partial charge on any atom is -0.445 e. The van der Waals surface area contributed by atoms with Crippen molar-refractivity contribution in [2.45, 2.75) is 62.3 Å². The van der Waals surface area contributed by atoms with Crippen LogP contribution in [0.25, 0.3) is 0 Å². The van der Waals surface area contributed by atoms with Gasteiger partial charge in [-0.3, -0.25) is 4.90 Å². The molecule has 8 nitrogen and oxygen atoms in total. The average molecular weight is 746 g/mol. The van der Waals surface area contributed by atoms with Gasteiger partial charge in [0.05, 0.1) is 47.7 Å². The number of benzene rings is 3. The SMILES string of the molecule is C[C@@H](OC[C@@]1(c2ccccc2)CC[C@](C#N)(NS(=O)(=O)CCCCl)CN1C(=O)OCc1ccccc1)c1cc(C(F)(F)F)cc(C(F)(F)F)c1. The van der Waals surface area contributed by atoms with Gasteiger partial charge in [0.1, 0.15) is 12.1 Å². The Morgan fingerprint density at radius 3 is 2.10 bits per heavy atom. The molecule has 0 aliphatic carbocycles. The summed E-state index contributed by atoms with van der Waals surface area (Å²) in [6, 6.07) is 20.0. The van der Waals surface area contributed by atoms with E-state index in [1.807, 2.05) is 6.07 Å². The first kappa shape index (κ1) is 39.0. The zero-order chi connectivity index (χ0) is 36.8. The molecule has 50 heavy (non-hydrogen) atoms. The molecule has 1 N–H and O–H groups in total. The molecule has 0 bridgehead atoms. The molecule has 1 fully saturated rings. The maximum atomic E-state index is 14.0. The van der Waals surface area contributed by atoms with Crippen molar-refractivity contribution < 1.29 is 49.0 Å². The number of sulfonamides is 1. The molecule has 0 saturated carbocycles. The van der Waals surface area contributed by atoms with E-state index >= 15 is 0 Å². The summed E-state index contributed by atoms with van der Waals surface area (Å²) in [5, 5.41) is 10.3. The summed E-state index contributed by atoms with van der Waals surface area (Å²) in [5.74, 6) is -0.346. The van der Waals surface area contributed by atoms with E-state index in [2.05, 4.69) is 4.72 Å². The maximum absolute atomic E-state index is 14.0. The van der Waals surface area contributed by atoms with Crippen LogP contribution in [0.2, 0.25) is 0 Å². The van der Waals surface area contributed by atoms with Gasteiger partial charge in [0.25, 0.3) is 0 Å². The third-order valence-electron chi connectivity index (χ3n) is 8.41. The second kappa shape index (κ2) is 15.6. The third-order valence-corrected chi connectivity index (χ3v) is 10.2. The normalized spacial score (nSPS) is 20.6. The minimum atomic E-state index is -5.08. The highest BCUT2D eigenvalue weighted by Gasteiger charge is 2.53. The fraction of sp³-hybridized carbons (Fsp3) is 0.412. The van der Waals surface area contributed by atoms with Crippen LogP contribution in [-0.4, -0.2) is 49.7 Å². The molecule has 270 valence electrons. The predicted octanol–water partition coefficient (Wildman–Crippen LogP) is 7.94. The number of alkyl halides is 7. The van der Waals surface area contributed by atoms with Gasteiger partial charge in [-0.1, -0.05) is 60.7 Å². The Kier molecular flexibility index (Phi) is 12.1. The molecule has 16 heteroatoms. The van der Waals surface area contributed by atoms with Gasteiger partial charge < -0.3 is 9.47 Å². The molecular weight excluding hydrogens is 712 g/mol. The van der Waals surface area contributed by atoms with Crippen LogP contribution < -0.4 is 4.72 Å². The number of ether oxygens (including phenoxy) is 2. The van der Waals surface area contributed by atoms with Crippen LogP contribution in [0.4, 0.5) is 31.1 Å². The zero-order valence-electron chi connectivity index (χ0n) is 26.7. The van der Waals surface area contributed by atoms with Crippen molar-refractivity contribution in [1.29, 1.82) is 5.26 Å². The van der Waals surface area contributed by atoms with E-state index in [4.69, 9.17) is 21.1 Å². The topological polar surface area (TPSA) is 109 Å². The molecule has 3 aromatic rings. The quantitative estimate of drug-likeness (QED) is 0.149. The van der Waals surface area contributed by atoms with E-state index in [9.17, 15) is 44.8 Å². The van der Waals surface area contributed by atoms with Gasteiger partial charge in [-0.2, -0.15) is 36.3 Å². The number of likely N-dealkylation sites (tertiary alicyclic amines) is 1. The van der Waals surface area contributed by atoms with E-state index in [0.717, 1.165) is 4.90 Å². The Labute approximate surface area is 291 Å². The van der Waals surface area contributed by atoms with Crippen LogP contribution in [0, 0.1) is 11.3 Å². The number of nitrogens with zero attached hydrogens (tertiary/aromatic N) is 2. The molecule has 0 aromatic heterocycles. The Morgan fingerprint density at radius 2 is 1.56 bits per heavy atom. The fourth-order valence-electron chi connectivity index (χ4n) is 5.74. The Bertz CT molecular complexity index is 1740. The summed E-state index contributed by atoms with van der Waals surface area (Å²) in [6.07, 6.45) is -12.7. The van der Waals surface area contributed by atoms with Crippen LogP contribution in [-0.2, 0) is 44.0 Å². The molecule has 1 saturated heterocycles. The second-order valence-electron chi connectivity index (χ2n) is 12.0. The number of amides is 1. The number of carbonyl (C=O) groups excluding carboxylic acids is 1. The van der Waals surface area contributed by atoms with Gasteiger partial charge in [0, 0.05) is 5.88 Å². The zero-order valence-corrected chi connectivity index (χ0v) is 28.3. The van der Waals surface area contributed by atoms with E-state index in [-0.39, 0.29) is 43.6 Å². The number of nitrogens with one attached hydrogen (secondary N) is 1. The number of nitriles is 1. The standard InChI is InChI=1S/C34H34ClF6N3O5S/c1-24(26-17-28(33(36,37)38)19-29(18-26)34(39,40)41)49-23-32(27-11-6-3-7-12-27)14-13-31(21-42,43-50(46,47)16-8-15-35)22-44(32)30(45)48-20-25-9-4-2-5-10-25/h2-7,9-12,17-19,24,43H,8,13-16,20,22-23H2,1H3/t24-,31-,32-/m1/s1. The third kappa shape index (κ3) is 9.48. The minimum absolute atomic E-state index is 0.0168. The number of hydrogen-bond acceptors (Lipinski definition) is 6. The summed E-state index contributed by atoms with van der Waals surface area (Å²) in [4.78, 5) is 15.2. The highest BCUT2D eigenvalue weighted by atomic mass is 35.5. The monoisotopic (exact) mass is 745 g/mol. The first-order valence-corrected chi connectivity index (χ1v) is 17.6. The average Bonchev–Trinajstić information content (AvgIpc) is 3.08. The Morgan fingerprint density at radius 1 is 0.980 bits per heavy atom. The van der Waals surface area contributed by atoms with E-state index in [1.54, 1.807) is 60.7 Å². The second-order valence-corrected chi connectivity index (χ2v) is 14.2. The van der Waals surface area contributed by atoms with Crippen molar-refractivity contribution in [3.63, 3.8) is 0 Å². The Balaban J connectivity index is 1.76. The van der Waals surface area contributed by atoms with Gasteiger partial charge in [-0.15, -0.1) is 11.6 Å². The molecule has 0 spiro atoms. The van der Waals surface area contributed by atoms with Gasteiger partial charge in [0.2, 0.25) is 10.0 Å². The molecule has 1 amide bonds. The van der Waals surface area contributed by atoms with Crippen LogP contribution >= 0.6 is 11.6 Å². The predicted molar refractivity (Wildman–Crippen MR) is 172 cm³/mol. The molecule has 0 unspecified atom stereocenters. The van der Waals surface area contributed by atoms with Crippen molar-refractivity contribution in [3.05, 3.63) is 107 Å². The molecule has 3 atom stereocenters. The van der Waals surface area contributed by atoms with Crippen molar-refractivity contribution in [2.75, 3.05) is 24.8 Å². The largest absolute Gasteiger partial charge is 0.445 e. The van der Waals surface area contributed by atoms with Crippen LogP contribution in [0.5, 0.6) is 0 Å². The fourth-order valence-corrected chi connectivity index (χ4v) is 7.46. The lowest BCUT2D eigenvalue weighted by molar-refractivity contribution is -0.143. The molecule has 1 heterocycles. The van der Waals surface area contributed by atoms with E-state index in [0.29, 0.717) is 23.3 Å². The number of rotatable bonds is 12. The molecule has 1 aliphatic rings.